The number of fused-ring (bicyclic) bond motifs is 1. The molecule has 124 valence electrons. The van der Waals surface area contributed by atoms with Crippen LogP contribution in [-0.4, -0.2) is 10.8 Å². The van der Waals surface area contributed by atoms with Crippen molar-refractivity contribution in [2.24, 2.45) is 0 Å². The summed E-state index contributed by atoms with van der Waals surface area (Å²) in [5.74, 6) is 6.46. The average molecular weight is 335 g/mol. The third-order valence-electron chi connectivity index (χ3n) is 4.37. The minimum absolute atomic E-state index is 0.0521. The Kier molecular flexibility index (Phi) is 4.37. The van der Waals surface area contributed by atoms with Crippen molar-refractivity contribution < 1.29 is 4.79 Å². The van der Waals surface area contributed by atoms with E-state index in [2.05, 4.69) is 11.8 Å². The predicted octanol–water partition coefficient (Wildman–Crippen LogP) is 4.91. The summed E-state index contributed by atoms with van der Waals surface area (Å²) in [5.41, 5.74) is 3.73. The predicted molar refractivity (Wildman–Crippen MR) is 104 cm³/mol. The van der Waals surface area contributed by atoms with Crippen LogP contribution in [-0.2, 0) is 0 Å². The molecule has 0 saturated heterocycles. The van der Waals surface area contributed by atoms with E-state index in [1.54, 1.807) is 4.90 Å². The van der Waals surface area contributed by atoms with E-state index in [9.17, 15) is 4.79 Å². The Bertz CT molecular complexity index is 1010. The van der Waals surface area contributed by atoms with Crippen molar-refractivity contribution >= 4 is 12.0 Å². The van der Waals surface area contributed by atoms with E-state index in [4.69, 9.17) is 0 Å². The molecule has 2 heteroatoms. The van der Waals surface area contributed by atoms with Crippen LogP contribution in [0.5, 0.6) is 0 Å². The van der Waals surface area contributed by atoms with Gasteiger partial charge in [-0.05, 0) is 41.5 Å². The highest BCUT2D eigenvalue weighted by atomic mass is 16.2. The first-order valence-corrected chi connectivity index (χ1v) is 8.54. The van der Waals surface area contributed by atoms with E-state index in [0.29, 0.717) is 5.56 Å². The Labute approximate surface area is 153 Å². The fourth-order valence-corrected chi connectivity index (χ4v) is 3.04. The minimum atomic E-state index is -0.316. The van der Waals surface area contributed by atoms with Gasteiger partial charge in [0.1, 0.15) is 6.04 Å². The Morgan fingerprint density at radius 3 is 2.23 bits per heavy atom. The fraction of sp³-hybridized carbons (Fsp3) is 0.0417. The number of benzene rings is 3. The summed E-state index contributed by atoms with van der Waals surface area (Å²) in [6.07, 6.45) is 3.80. The lowest BCUT2D eigenvalue weighted by molar-refractivity contribution is 0.0795. The molecule has 1 heterocycles. The van der Waals surface area contributed by atoms with Crippen LogP contribution in [0.1, 0.15) is 33.1 Å². The number of hydrogen-bond donors (Lipinski definition) is 0. The Morgan fingerprint density at radius 2 is 1.46 bits per heavy atom. The number of amides is 1. The Balaban J connectivity index is 1.76. The molecule has 4 rings (SSSR count). The van der Waals surface area contributed by atoms with Crippen molar-refractivity contribution in [1.82, 2.24) is 4.90 Å². The first kappa shape index (κ1) is 15.9. The molecule has 1 atom stereocenters. The summed E-state index contributed by atoms with van der Waals surface area (Å²) in [4.78, 5) is 14.8. The van der Waals surface area contributed by atoms with E-state index in [-0.39, 0.29) is 11.9 Å². The summed E-state index contributed by atoms with van der Waals surface area (Å²) < 4.78 is 0. The van der Waals surface area contributed by atoms with Crippen LogP contribution in [0.15, 0.2) is 91.1 Å². The molecule has 3 aromatic carbocycles. The third-order valence-corrected chi connectivity index (χ3v) is 4.37. The molecule has 0 bridgehead atoms. The monoisotopic (exact) mass is 335 g/mol. The number of hydrogen-bond acceptors (Lipinski definition) is 1. The van der Waals surface area contributed by atoms with Gasteiger partial charge in [0.2, 0.25) is 0 Å². The van der Waals surface area contributed by atoms with Gasteiger partial charge in [0.05, 0.1) is 0 Å². The van der Waals surface area contributed by atoms with Gasteiger partial charge in [-0.3, -0.25) is 9.69 Å². The molecule has 0 aromatic heterocycles. The van der Waals surface area contributed by atoms with E-state index >= 15 is 0 Å². The van der Waals surface area contributed by atoms with Crippen molar-refractivity contribution in [2.45, 2.75) is 6.04 Å². The molecule has 1 amide bonds. The molecular formula is C24H17NO. The molecular weight excluding hydrogens is 318 g/mol. The van der Waals surface area contributed by atoms with Gasteiger partial charge in [0, 0.05) is 17.3 Å². The quantitative estimate of drug-likeness (QED) is 0.579. The summed E-state index contributed by atoms with van der Waals surface area (Å²) in [6, 6.07) is 26.9. The highest BCUT2D eigenvalue weighted by Gasteiger charge is 2.27. The van der Waals surface area contributed by atoms with Crippen LogP contribution in [0.3, 0.4) is 0 Å². The van der Waals surface area contributed by atoms with Crippen molar-refractivity contribution in [3.63, 3.8) is 0 Å². The molecule has 0 saturated carbocycles. The second-order valence-electron chi connectivity index (χ2n) is 6.06. The lowest BCUT2D eigenvalue weighted by Crippen LogP contribution is -2.31. The van der Waals surface area contributed by atoms with E-state index in [0.717, 1.165) is 16.7 Å². The maximum atomic E-state index is 13.0. The SMILES string of the molecule is O=C(c1ccccc1)N1C=Cc2ccccc2C1C#Cc1ccccc1. The van der Waals surface area contributed by atoms with E-state index in [1.165, 1.54) is 0 Å². The van der Waals surface area contributed by atoms with Gasteiger partial charge >= 0.3 is 0 Å². The second kappa shape index (κ2) is 7.13. The van der Waals surface area contributed by atoms with Crippen LogP contribution in [0.2, 0.25) is 0 Å². The minimum Gasteiger partial charge on any atom is -0.296 e. The fourth-order valence-electron chi connectivity index (χ4n) is 3.04. The van der Waals surface area contributed by atoms with Gasteiger partial charge in [-0.1, -0.05) is 72.5 Å². The summed E-state index contributed by atoms with van der Waals surface area (Å²) >= 11 is 0. The first-order valence-electron chi connectivity index (χ1n) is 8.54. The molecule has 1 aliphatic heterocycles. The summed E-state index contributed by atoms with van der Waals surface area (Å²) in [6.45, 7) is 0. The first-order chi connectivity index (χ1) is 12.8. The third kappa shape index (κ3) is 3.16. The van der Waals surface area contributed by atoms with Crippen LogP contribution in [0.25, 0.3) is 6.08 Å². The standard InChI is InChI=1S/C24H17NO/c26-24(21-12-5-2-6-13-21)25-18-17-20-11-7-8-14-22(20)23(25)16-15-19-9-3-1-4-10-19/h1-14,17-18,23H. The van der Waals surface area contributed by atoms with Crippen LogP contribution < -0.4 is 0 Å². The van der Waals surface area contributed by atoms with Crippen molar-refractivity contribution in [3.05, 3.63) is 113 Å². The highest BCUT2D eigenvalue weighted by molar-refractivity contribution is 5.96. The van der Waals surface area contributed by atoms with Crippen molar-refractivity contribution in [2.75, 3.05) is 0 Å². The number of carbonyl (C=O) groups excluding carboxylic acids is 1. The van der Waals surface area contributed by atoms with Gasteiger partial charge in [-0.25, -0.2) is 0 Å². The maximum absolute atomic E-state index is 13.0. The maximum Gasteiger partial charge on any atom is 0.259 e. The zero-order valence-corrected chi connectivity index (χ0v) is 14.2. The summed E-state index contributed by atoms with van der Waals surface area (Å²) in [5, 5.41) is 0. The smallest absolute Gasteiger partial charge is 0.259 e. The zero-order valence-electron chi connectivity index (χ0n) is 14.2. The Morgan fingerprint density at radius 1 is 0.808 bits per heavy atom. The van der Waals surface area contributed by atoms with Crippen LogP contribution >= 0.6 is 0 Å². The average Bonchev–Trinajstić information content (AvgIpc) is 2.73. The van der Waals surface area contributed by atoms with Gasteiger partial charge < -0.3 is 0 Å². The molecule has 3 aromatic rings. The topological polar surface area (TPSA) is 20.3 Å². The normalized spacial score (nSPS) is 14.9. The molecule has 0 N–H and O–H groups in total. The van der Waals surface area contributed by atoms with Gasteiger partial charge in [-0.2, -0.15) is 0 Å². The molecule has 0 aliphatic carbocycles. The van der Waals surface area contributed by atoms with Gasteiger partial charge in [0.25, 0.3) is 5.91 Å². The largest absolute Gasteiger partial charge is 0.296 e. The van der Waals surface area contributed by atoms with Crippen molar-refractivity contribution in [3.8, 4) is 11.8 Å². The molecule has 0 spiro atoms. The molecule has 2 nitrogen and oxygen atoms in total. The van der Waals surface area contributed by atoms with Gasteiger partial charge in [-0.15, -0.1) is 0 Å². The lowest BCUT2D eigenvalue weighted by Gasteiger charge is -2.30. The zero-order chi connectivity index (χ0) is 17.8. The number of nitrogens with zero attached hydrogens (tertiary/aromatic N) is 1. The Hall–Kier alpha value is -3.57. The van der Waals surface area contributed by atoms with Crippen LogP contribution in [0.4, 0.5) is 0 Å². The second-order valence-corrected chi connectivity index (χ2v) is 6.06. The molecule has 26 heavy (non-hydrogen) atoms. The van der Waals surface area contributed by atoms with Crippen molar-refractivity contribution in [1.29, 1.82) is 0 Å². The number of carbonyl (C=O) groups is 1. The summed E-state index contributed by atoms with van der Waals surface area (Å²) in [7, 11) is 0. The van der Waals surface area contributed by atoms with E-state index < -0.39 is 0 Å². The molecule has 1 aliphatic rings. The van der Waals surface area contributed by atoms with Crippen LogP contribution in [0, 0.1) is 11.8 Å². The molecule has 1 unspecified atom stereocenters. The van der Waals surface area contributed by atoms with E-state index in [1.807, 2.05) is 97.2 Å². The number of rotatable bonds is 1. The lowest BCUT2D eigenvalue weighted by atomic mass is 9.95. The highest BCUT2D eigenvalue weighted by Crippen LogP contribution is 2.31. The molecule has 0 radical (unpaired) electrons. The van der Waals surface area contributed by atoms with Gasteiger partial charge in [0.15, 0.2) is 0 Å². The molecule has 0 fully saturated rings.